The lowest BCUT2D eigenvalue weighted by Gasteiger charge is -2.36. The van der Waals surface area contributed by atoms with E-state index in [0.717, 1.165) is 40.0 Å². The predicted octanol–water partition coefficient (Wildman–Crippen LogP) is 3.22. The molecule has 2 atom stereocenters. The zero-order valence-corrected chi connectivity index (χ0v) is 16.2. The summed E-state index contributed by atoms with van der Waals surface area (Å²) in [4.78, 5) is 7.01. The standard InChI is InChI=1S/C19H19BrN6/c1-12-9-25(10-13(2)24-12)18-4-3-14(7-22-18)17-5-16(20)11-26-19(17)15(6-21)8-23-26/h3-5,7-8,11-13,24H,9-10H2,1-2H3/t12-,13+. The summed E-state index contributed by atoms with van der Waals surface area (Å²) in [7, 11) is 0. The van der Waals surface area contributed by atoms with Gasteiger partial charge in [-0.25, -0.2) is 9.50 Å². The van der Waals surface area contributed by atoms with E-state index in [1.807, 2.05) is 18.5 Å². The van der Waals surface area contributed by atoms with E-state index in [-0.39, 0.29) is 0 Å². The SMILES string of the molecule is C[C@@H]1CN(c2ccc(-c3cc(Br)cn4ncc(C#N)c34)cn2)C[C@H](C)N1. The summed E-state index contributed by atoms with van der Waals surface area (Å²) >= 11 is 3.52. The molecule has 0 spiro atoms. The summed E-state index contributed by atoms with van der Waals surface area (Å²) in [5, 5.41) is 17.2. The van der Waals surface area contributed by atoms with Crippen LogP contribution >= 0.6 is 15.9 Å². The molecule has 0 amide bonds. The van der Waals surface area contributed by atoms with Gasteiger partial charge in [-0.05, 0) is 48.0 Å². The molecule has 3 aromatic rings. The van der Waals surface area contributed by atoms with Crippen LogP contribution in [0, 0.1) is 11.3 Å². The smallest absolute Gasteiger partial charge is 0.128 e. The Bertz CT molecular complexity index is 978. The van der Waals surface area contributed by atoms with E-state index in [4.69, 9.17) is 4.98 Å². The van der Waals surface area contributed by atoms with Crippen molar-refractivity contribution >= 4 is 27.3 Å². The Morgan fingerprint density at radius 2 is 2.00 bits per heavy atom. The van der Waals surface area contributed by atoms with Gasteiger partial charge in [0.05, 0.1) is 17.3 Å². The molecule has 1 saturated heterocycles. The molecule has 0 aromatic carbocycles. The molecule has 4 rings (SSSR count). The van der Waals surface area contributed by atoms with Gasteiger partial charge in [-0.2, -0.15) is 10.4 Å². The number of pyridine rings is 2. The molecule has 0 saturated carbocycles. The minimum absolute atomic E-state index is 0.440. The van der Waals surface area contributed by atoms with Gasteiger partial charge in [0.1, 0.15) is 11.9 Å². The lowest BCUT2D eigenvalue weighted by Crippen LogP contribution is -2.54. The van der Waals surface area contributed by atoms with Crippen LogP contribution in [0.3, 0.4) is 0 Å². The monoisotopic (exact) mass is 410 g/mol. The average Bonchev–Trinajstić information content (AvgIpc) is 3.03. The van der Waals surface area contributed by atoms with Crippen LogP contribution in [0.5, 0.6) is 0 Å². The highest BCUT2D eigenvalue weighted by atomic mass is 79.9. The second-order valence-corrected chi connectivity index (χ2v) is 7.73. The van der Waals surface area contributed by atoms with Crippen LogP contribution in [0.15, 0.2) is 41.3 Å². The Morgan fingerprint density at radius 1 is 1.23 bits per heavy atom. The quantitative estimate of drug-likeness (QED) is 0.702. The molecule has 4 heterocycles. The summed E-state index contributed by atoms with van der Waals surface area (Å²) in [5.41, 5.74) is 3.26. The lowest BCUT2D eigenvalue weighted by molar-refractivity contribution is 0.405. The lowest BCUT2D eigenvalue weighted by atomic mass is 10.1. The summed E-state index contributed by atoms with van der Waals surface area (Å²) in [6.45, 7) is 6.27. The number of hydrogen-bond acceptors (Lipinski definition) is 5. The largest absolute Gasteiger partial charge is 0.354 e. The van der Waals surface area contributed by atoms with E-state index in [0.29, 0.717) is 17.6 Å². The maximum Gasteiger partial charge on any atom is 0.128 e. The van der Waals surface area contributed by atoms with Crippen LogP contribution in [-0.4, -0.2) is 39.8 Å². The fraction of sp³-hybridized carbons (Fsp3) is 0.316. The topological polar surface area (TPSA) is 69.2 Å². The molecule has 1 fully saturated rings. The van der Waals surface area contributed by atoms with Crippen LogP contribution in [0.2, 0.25) is 0 Å². The molecular weight excluding hydrogens is 392 g/mol. The molecule has 0 bridgehead atoms. The zero-order chi connectivity index (χ0) is 18.3. The first-order chi connectivity index (χ1) is 12.5. The normalized spacial score (nSPS) is 20.3. The predicted molar refractivity (Wildman–Crippen MR) is 105 cm³/mol. The van der Waals surface area contributed by atoms with Crippen molar-refractivity contribution in [3.8, 4) is 17.2 Å². The summed E-state index contributed by atoms with van der Waals surface area (Å²) in [6, 6.07) is 9.22. The van der Waals surface area contributed by atoms with Gasteiger partial charge in [0.2, 0.25) is 0 Å². The van der Waals surface area contributed by atoms with Gasteiger partial charge in [-0.1, -0.05) is 0 Å². The number of anilines is 1. The van der Waals surface area contributed by atoms with Crippen molar-refractivity contribution in [2.45, 2.75) is 25.9 Å². The molecule has 132 valence electrons. The van der Waals surface area contributed by atoms with Crippen LogP contribution in [0.25, 0.3) is 16.6 Å². The average molecular weight is 411 g/mol. The fourth-order valence-corrected chi connectivity index (χ4v) is 4.06. The molecule has 0 aliphatic carbocycles. The molecule has 3 aromatic heterocycles. The van der Waals surface area contributed by atoms with E-state index in [9.17, 15) is 5.26 Å². The Labute approximate surface area is 160 Å². The minimum atomic E-state index is 0.440. The highest BCUT2D eigenvalue weighted by molar-refractivity contribution is 9.10. The first kappa shape index (κ1) is 17.0. The van der Waals surface area contributed by atoms with Crippen LogP contribution in [0.1, 0.15) is 19.4 Å². The van der Waals surface area contributed by atoms with Crippen molar-refractivity contribution in [3.05, 3.63) is 46.8 Å². The Balaban J connectivity index is 1.73. The zero-order valence-electron chi connectivity index (χ0n) is 14.6. The number of hydrogen-bond donors (Lipinski definition) is 1. The minimum Gasteiger partial charge on any atom is -0.354 e. The molecule has 1 N–H and O–H groups in total. The first-order valence-electron chi connectivity index (χ1n) is 8.59. The van der Waals surface area contributed by atoms with Gasteiger partial charge < -0.3 is 10.2 Å². The van der Waals surface area contributed by atoms with Crippen LogP contribution < -0.4 is 10.2 Å². The molecule has 6 nitrogen and oxygen atoms in total. The van der Waals surface area contributed by atoms with E-state index in [1.165, 1.54) is 0 Å². The summed E-state index contributed by atoms with van der Waals surface area (Å²) in [5.74, 6) is 0.981. The van der Waals surface area contributed by atoms with Crippen molar-refractivity contribution in [2.75, 3.05) is 18.0 Å². The van der Waals surface area contributed by atoms with Crippen molar-refractivity contribution < 1.29 is 0 Å². The molecule has 0 unspecified atom stereocenters. The maximum absolute atomic E-state index is 9.39. The van der Waals surface area contributed by atoms with Gasteiger partial charge in [0, 0.05) is 53.2 Å². The van der Waals surface area contributed by atoms with Crippen molar-refractivity contribution in [1.82, 2.24) is 19.9 Å². The van der Waals surface area contributed by atoms with E-state index >= 15 is 0 Å². The molecule has 26 heavy (non-hydrogen) atoms. The van der Waals surface area contributed by atoms with E-state index < -0.39 is 0 Å². The number of nitrogens with one attached hydrogen (secondary N) is 1. The number of fused-ring (bicyclic) bond motifs is 1. The maximum atomic E-state index is 9.39. The van der Waals surface area contributed by atoms with Gasteiger partial charge in [0.25, 0.3) is 0 Å². The number of nitrogens with zero attached hydrogens (tertiary/aromatic N) is 5. The second-order valence-electron chi connectivity index (χ2n) is 6.81. The van der Waals surface area contributed by atoms with Crippen molar-refractivity contribution in [2.24, 2.45) is 0 Å². The Hall–Kier alpha value is -2.43. The van der Waals surface area contributed by atoms with Gasteiger partial charge >= 0.3 is 0 Å². The van der Waals surface area contributed by atoms with E-state index in [2.05, 4.69) is 63.3 Å². The third kappa shape index (κ3) is 3.06. The number of halogens is 1. The summed E-state index contributed by atoms with van der Waals surface area (Å²) in [6.07, 6.45) is 5.32. The molecule has 7 heteroatoms. The third-order valence-corrected chi connectivity index (χ3v) is 5.07. The van der Waals surface area contributed by atoms with Crippen LogP contribution in [0.4, 0.5) is 5.82 Å². The third-order valence-electron chi connectivity index (χ3n) is 4.64. The molecular formula is C19H19BrN6. The number of piperazine rings is 1. The Morgan fingerprint density at radius 3 is 2.65 bits per heavy atom. The molecule has 1 aliphatic heterocycles. The molecule has 1 aliphatic rings. The van der Waals surface area contributed by atoms with Crippen molar-refractivity contribution in [3.63, 3.8) is 0 Å². The number of nitriles is 1. The second kappa shape index (κ2) is 6.71. The van der Waals surface area contributed by atoms with Gasteiger partial charge in [0.15, 0.2) is 0 Å². The fourth-order valence-electron chi connectivity index (χ4n) is 3.64. The number of rotatable bonds is 2. The van der Waals surface area contributed by atoms with E-state index in [1.54, 1.807) is 10.7 Å². The molecule has 0 radical (unpaired) electrons. The van der Waals surface area contributed by atoms with Gasteiger partial charge in [-0.3, -0.25) is 0 Å². The van der Waals surface area contributed by atoms with Crippen LogP contribution in [-0.2, 0) is 0 Å². The highest BCUT2D eigenvalue weighted by Crippen LogP contribution is 2.30. The number of aromatic nitrogens is 3. The van der Waals surface area contributed by atoms with Crippen molar-refractivity contribution in [1.29, 1.82) is 5.26 Å². The summed E-state index contributed by atoms with van der Waals surface area (Å²) < 4.78 is 2.63. The van der Waals surface area contributed by atoms with Gasteiger partial charge in [-0.15, -0.1) is 0 Å². The first-order valence-corrected chi connectivity index (χ1v) is 9.39. The Kier molecular flexibility index (Phi) is 4.39. The highest BCUT2D eigenvalue weighted by Gasteiger charge is 2.22.